The Kier molecular flexibility index (Phi) is 7.89. The van der Waals surface area contributed by atoms with Gasteiger partial charge in [0.25, 0.3) is 0 Å². The van der Waals surface area contributed by atoms with Crippen LogP contribution in [-0.2, 0) is 20.7 Å². The SMILES string of the molecule is COCC(CNC(=O)C(Cc1ccccc1)C(N)=S)OC. The summed E-state index contributed by atoms with van der Waals surface area (Å²) in [5.74, 6) is -0.716. The summed E-state index contributed by atoms with van der Waals surface area (Å²) in [5, 5.41) is 2.81. The lowest BCUT2D eigenvalue weighted by molar-refractivity contribution is -0.123. The number of benzene rings is 1. The van der Waals surface area contributed by atoms with E-state index in [-0.39, 0.29) is 17.0 Å². The highest BCUT2D eigenvalue weighted by molar-refractivity contribution is 7.80. The summed E-state index contributed by atoms with van der Waals surface area (Å²) in [6, 6.07) is 9.66. The highest BCUT2D eigenvalue weighted by Gasteiger charge is 2.22. The van der Waals surface area contributed by atoms with E-state index in [1.165, 1.54) is 0 Å². The quantitative estimate of drug-likeness (QED) is 0.663. The summed E-state index contributed by atoms with van der Waals surface area (Å²) >= 11 is 5.01. The maximum atomic E-state index is 12.2. The molecule has 0 aliphatic heterocycles. The third kappa shape index (κ3) is 6.20. The zero-order chi connectivity index (χ0) is 15.7. The van der Waals surface area contributed by atoms with E-state index in [2.05, 4.69) is 5.32 Å². The molecule has 0 saturated carbocycles. The van der Waals surface area contributed by atoms with E-state index in [9.17, 15) is 4.79 Å². The molecule has 0 radical (unpaired) electrons. The van der Waals surface area contributed by atoms with E-state index >= 15 is 0 Å². The molecule has 0 heterocycles. The number of hydrogen-bond acceptors (Lipinski definition) is 4. The van der Waals surface area contributed by atoms with Crippen LogP contribution in [0.1, 0.15) is 5.56 Å². The van der Waals surface area contributed by atoms with Gasteiger partial charge in [0.1, 0.15) is 0 Å². The van der Waals surface area contributed by atoms with Gasteiger partial charge in [-0.05, 0) is 12.0 Å². The second-order valence-corrected chi connectivity index (χ2v) is 5.17. The first kappa shape index (κ1) is 17.6. The molecule has 1 aromatic carbocycles. The average Bonchev–Trinajstić information content (AvgIpc) is 2.49. The molecule has 0 spiro atoms. The molecule has 116 valence electrons. The monoisotopic (exact) mass is 310 g/mol. The fraction of sp³-hybridized carbons (Fsp3) is 0.467. The first-order valence-corrected chi connectivity index (χ1v) is 7.12. The van der Waals surface area contributed by atoms with Crippen molar-refractivity contribution in [3.05, 3.63) is 35.9 Å². The van der Waals surface area contributed by atoms with Gasteiger partial charge in [-0.25, -0.2) is 0 Å². The minimum Gasteiger partial charge on any atom is -0.393 e. The van der Waals surface area contributed by atoms with Crippen LogP contribution in [0, 0.1) is 5.92 Å². The molecule has 3 N–H and O–H groups in total. The van der Waals surface area contributed by atoms with Crippen molar-refractivity contribution in [2.24, 2.45) is 11.7 Å². The normalized spacial score (nSPS) is 13.4. The molecular formula is C15H22N2O3S. The number of carbonyl (C=O) groups is 1. The first-order chi connectivity index (χ1) is 10.1. The van der Waals surface area contributed by atoms with Crippen molar-refractivity contribution >= 4 is 23.1 Å². The zero-order valence-corrected chi connectivity index (χ0v) is 13.2. The minimum atomic E-state index is -0.526. The number of nitrogens with one attached hydrogen (secondary N) is 1. The summed E-state index contributed by atoms with van der Waals surface area (Å²) in [7, 11) is 3.16. The highest BCUT2D eigenvalue weighted by atomic mass is 32.1. The predicted octanol–water partition coefficient (Wildman–Crippen LogP) is 0.909. The molecule has 0 bridgehead atoms. The molecule has 6 heteroatoms. The maximum Gasteiger partial charge on any atom is 0.230 e. The lowest BCUT2D eigenvalue weighted by Gasteiger charge is -2.19. The Bertz CT molecular complexity index is 453. The fourth-order valence-corrected chi connectivity index (χ4v) is 2.10. The van der Waals surface area contributed by atoms with E-state index in [1.807, 2.05) is 30.3 Å². The van der Waals surface area contributed by atoms with Gasteiger partial charge in [0, 0.05) is 20.8 Å². The first-order valence-electron chi connectivity index (χ1n) is 6.71. The summed E-state index contributed by atoms with van der Waals surface area (Å²) in [4.78, 5) is 12.4. The number of methoxy groups -OCH3 is 2. The van der Waals surface area contributed by atoms with Gasteiger partial charge in [-0.1, -0.05) is 42.5 Å². The van der Waals surface area contributed by atoms with Gasteiger partial charge in [-0.3, -0.25) is 4.79 Å². The van der Waals surface area contributed by atoms with Crippen molar-refractivity contribution in [3.63, 3.8) is 0 Å². The number of thiocarbonyl (C=S) groups is 1. The van der Waals surface area contributed by atoms with Crippen molar-refractivity contribution < 1.29 is 14.3 Å². The van der Waals surface area contributed by atoms with Crippen molar-refractivity contribution in [3.8, 4) is 0 Å². The molecule has 5 nitrogen and oxygen atoms in total. The van der Waals surface area contributed by atoms with Gasteiger partial charge in [0.05, 0.1) is 23.6 Å². The summed E-state index contributed by atoms with van der Waals surface area (Å²) in [6.07, 6.45) is 0.298. The second-order valence-electron chi connectivity index (χ2n) is 4.70. The van der Waals surface area contributed by atoms with E-state index < -0.39 is 5.92 Å². The molecular weight excluding hydrogens is 288 g/mol. The van der Waals surface area contributed by atoms with Gasteiger partial charge >= 0.3 is 0 Å². The smallest absolute Gasteiger partial charge is 0.230 e. The fourth-order valence-electron chi connectivity index (χ4n) is 1.91. The Labute approximate surface area is 130 Å². The van der Waals surface area contributed by atoms with Crippen LogP contribution in [0.3, 0.4) is 0 Å². The number of carbonyl (C=O) groups excluding carboxylic acids is 1. The number of ether oxygens (including phenoxy) is 2. The molecule has 0 aliphatic carbocycles. The minimum absolute atomic E-state index is 0.190. The molecule has 0 aromatic heterocycles. The number of hydrogen-bond donors (Lipinski definition) is 2. The molecule has 1 amide bonds. The predicted molar refractivity (Wildman–Crippen MR) is 86.1 cm³/mol. The maximum absolute atomic E-state index is 12.2. The van der Waals surface area contributed by atoms with Crippen LogP contribution in [-0.4, -0.2) is 44.4 Å². The van der Waals surface area contributed by atoms with Crippen molar-refractivity contribution in [1.29, 1.82) is 0 Å². The number of amides is 1. The highest BCUT2D eigenvalue weighted by Crippen LogP contribution is 2.09. The van der Waals surface area contributed by atoms with Gasteiger partial charge in [-0.2, -0.15) is 0 Å². The molecule has 0 aliphatic rings. The van der Waals surface area contributed by atoms with Crippen LogP contribution in [0.2, 0.25) is 0 Å². The third-order valence-corrected chi connectivity index (χ3v) is 3.42. The van der Waals surface area contributed by atoms with E-state index in [0.717, 1.165) is 5.56 Å². The number of rotatable bonds is 9. The Morgan fingerprint density at radius 3 is 2.52 bits per heavy atom. The Morgan fingerprint density at radius 2 is 2.00 bits per heavy atom. The third-order valence-electron chi connectivity index (χ3n) is 3.13. The Hall–Kier alpha value is -1.50. The molecule has 2 atom stereocenters. The molecule has 0 fully saturated rings. The van der Waals surface area contributed by atoms with Gasteiger partial charge in [0.15, 0.2) is 0 Å². The van der Waals surface area contributed by atoms with Crippen LogP contribution in [0.4, 0.5) is 0 Å². The largest absolute Gasteiger partial charge is 0.393 e. The van der Waals surface area contributed by atoms with Crippen LogP contribution in [0.15, 0.2) is 30.3 Å². The average molecular weight is 310 g/mol. The van der Waals surface area contributed by atoms with Crippen LogP contribution < -0.4 is 11.1 Å². The molecule has 0 saturated heterocycles. The standard InChI is InChI=1S/C15H22N2O3S/c1-19-10-12(20-2)9-17-15(18)13(14(16)21)8-11-6-4-3-5-7-11/h3-7,12-13H,8-10H2,1-2H3,(H2,16,21)(H,17,18). The van der Waals surface area contributed by atoms with Gasteiger partial charge in [-0.15, -0.1) is 0 Å². The Morgan fingerprint density at radius 1 is 1.33 bits per heavy atom. The van der Waals surface area contributed by atoms with Crippen LogP contribution in [0.5, 0.6) is 0 Å². The van der Waals surface area contributed by atoms with Gasteiger partial charge in [0.2, 0.25) is 5.91 Å². The molecule has 1 rings (SSSR count). The topological polar surface area (TPSA) is 73.6 Å². The molecule has 2 unspecified atom stereocenters. The van der Waals surface area contributed by atoms with E-state index in [4.69, 9.17) is 27.4 Å². The van der Waals surface area contributed by atoms with Crippen molar-refractivity contribution in [1.82, 2.24) is 5.32 Å². The van der Waals surface area contributed by atoms with Crippen molar-refractivity contribution in [2.75, 3.05) is 27.4 Å². The van der Waals surface area contributed by atoms with E-state index in [0.29, 0.717) is 19.6 Å². The lowest BCUT2D eigenvalue weighted by atomic mass is 9.98. The Balaban J connectivity index is 2.59. The number of nitrogens with two attached hydrogens (primary N) is 1. The molecule has 21 heavy (non-hydrogen) atoms. The van der Waals surface area contributed by atoms with Crippen LogP contribution in [0.25, 0.3) is 0 Å². The van der Waals surface area contributed by atoms with Crippen LogP contribution >= 0.6 is 12.2 Å². The second kappa shape index (κ2) is 9.44. The molecule has 1 aromatic rings. The van der Waals surface area contributed by atoms with Crippen molar-refractivity contribution in [2.45, 2.75) is 12.5 Å². The lowest BCUT2D eigenvalue weighted by Crippen LogP contribution is -2.43. The zero-order valence-electron chi connectivity index (χ0n) is 12.4. The summed E-state index contributed by atoms with van der Waals surface area (Å²) in [6.45, 7) is 0.768. The van der Waals surface area contributed by atoms with E-state index in [1.54, 1.807) is 14.2 Å². The summed E-state index contributed by atoms with van der Waals surface area (Å²) in [5.41, 5.74) is 6.72. The summed E-state index contributed by atoms with van der Waals surface area (Å²) < 4.78 is 10.2. The van der Waals surface area contributed by atoms with Gasteiger partial charge < -0.3 is 20.5 Å².